The van der Waals surface area contributed by atoms with Crippen LogP contribution in [0.4, 0.5) is 18.3 Å². The fraction of sp³-hybridized carbons (Fsp3) is 0.267. The zero-order chi connectivity index (χ0) is 18.4. The van der Waals surface area contributed by atoms with Gasteiger partial charge in [0.25, 0.3) is 5.91 Å². The summed E-state index contributed by atoms with van der Waals surface area (Å²) >= 11 is 0.391. The van der Waals surface area contributed by atoms with Crippen molar-refractivity contribution in [3.63, 3.8) is 0 Å². The highest BCUT2D eigenvalue weighted by molar-refractivity contribution is 7.17. The van der Waals surface area contributed by atoms with Crippen molar-refractivity contribution in [3.8, 4) is 5.75 Å². The van der Waals surface area contributed by atoms with E-state index < -0.39 is 35.2 Å². The van der Waals surface area contributed by atoms with Crippen LogP contribution >= 0.6 is 11.3 Å². The second-order valence-corrected chi connectivity index (χ2v) is 5.56. The maximum Gasteiger partial charge on any atom is 0.435 e. The van der Waals surface area contributed by atoms with Gasteiger partial charge < -0.3 is 9.47 Å². The van der Waals surface area contributed by atoms with E-state index in [4.69, 9.17) is 4.74 Å². The van der Waals surface area contributed by atoms with E-state index in [-0.39, 0.29) is 11.7 Å². The van der Waals surface area contributed by atoms with Crippen LogP contribution < -0.4 is 10.1 Å². The summed E-state index contributed by atoms with van der Waals surface area (Å²) in [6.45, 7) is 0.968. The van der Waals surface area contributed by atoms with Gasteiger partial charge in [-0.05, 0) is 19.1 Å². The van der Waals surface area contributed by atoms with Gasteiger partial charge in [0.2, 0.25) is 0 Å². The Morgan fingerprint density at radius 3 is 2.52 bits per heavy atom. The molecule has 2 rings (SSSR count). The highest BCUT2D eigenvalue weighted by atomic mass is 32.1. The first-order chi connectivity index (χ1) is 11.8. The van der Waals surface area contributed by atoms with Crippen molar-refractivity contribution in [2.75, 3.05) is 18.5 Å². The molecule has 0 aliphatic rings. The van der Waals surface area contributed by atoms with Crippen LogP contribution in [0.15, 0.2) is 30.3 Å². The first-order valence-corrected chi connectivity index (χ1v) is 7.85. The van der Waals surface area contributed by atoms with E-state index in [1.165, 1.54) is 6.92 Å². The van der Waals surface area contributed by atoms with Gasteiger partial charge in [-0.25, -0.2) is 9.78 Å². The van der Waals surface area contributed by atoms with Crippen molar-refractivity contribution >= 4 is 28.3 Å². The van der Waals surface area contributed by atoms with Crippen molar-refractivity contribution in [1.29, 1.82) is 0 Å². The molecule has 10 heteroatoms. The fourth-order valence-electron chi connectivity index (χ4n) is 1.72. The Bertz CT molecular complexity index is 747. The molecule has 134 valence electrons. The van der Waals surface area contributed by atoms with Crippen LogP contribution in [0, 0.1) is 0 Å². The first kappa shape index (κ1) is 18.7. The number of amides is 1. The van der Waals surface area contributed by atoms with E-state index in [0.29, 0.717) is 17.1 Å². The molecule has 6 nitrogen and oxygen atoms in total. The molecule has 1 heterocycles. The number of alkyl halides is 3. The van der Waals surface area contributed by atoms with Gasteiger partial charge in [-0.1, -0.05) is 29.5 Å². The van der Waals surface area contributed by atoms with Gasteiger partial charge in [-0.15, -0.1) is 0 Å². The highest BCUT2D eigenvalue weighted by Crippen LogP contribution is 2.36. The molecule has 0 fully saturated rings. The number of nitrogens with zero attached hydrogens (tertiary/aromatic N) is 1. The minimum Gasteiger partial charge on any atom is -0.484 e. The zero-order valence-corrected chi connectivity index (χ0v) is 13.7. The smallest absolute Gasteiger partial charge is 0.435 e. The molecule has 0 aliphatic carbocycles. The number of carbonyl (C=O) groups is 2. The van der Waals surface area contributed by atoms with Crippen LogP contribution in [0.1, 0.15) is 22.3 Å². The Morgan fingerprint density at radius 2 is 1.92 bits per heavy atom. The number of carbonyl (C=O) groups excluding carboxylic acids is 2. The summed E-state index contributed by atoms with van der Waals surface area (Å²) in [6, 6.07) is 8.41. The Balaban J connectivity index is 2.08. The van der Waals surface area contributed by atoms with E-state index >= 15 is 0 Å². The summed E-state index contributed by atoms with van der Waals surface area (Å²) in [5.74, 6) is -1.42. The molecule has 0 unspecified atom stereocenters. The van der Waals surface area contributed by atoms with Crippen LogP contribution in [-0.2, 0) is 15.7 Å². The van der Waals surface area contributed by atoms with E-state index in [0.717, 1.165) is 0 Å². The lowest BCUT2D eigenvalue weighted by molar-refractivity contribution is -0.141. The maximum atomic E-state index is 13.0. The minimum atomic E-state index is -4.85. The molecule has 0 spiro atoms. The molecule has 0 saturated heterocycles. The Hall–Kier alpha value is -2.62. The van der Waals surface area contributed by atoms with Gasteiger partial charge in [0.05, 0.1) is 6.61 Å². The predicted molar refractivity (Wildman–Crippen MR) is 83.6 cm³/mol. The van der Waals surface area contributed by atoms with Crippen molar-refractivity contribution in [2.45, 2.75) is 13.1 Å². The van der Waals surface area contributed by atoms with Crippen LogP contribution in [0.3, 0.4) is 0 Å². The molecule has 0 atom stereocenters. The number of hydrogen-bond acceptors (Lipinski definition) is 6. The summed E-state index contributed by atoms with van der Waals surface area (Å²) < 4.78 is 48.7. The molecule has 1 N–H and O–H groups in total. The number of hydrogen-bond donors (Lipinski definition) is 1. The first-order valence-electron chi connectivity index (χ1n) is 7.04. The summed E-state index contributed by atoms with van der Waals surface area (Å²) in [5.41, 5.74) is -1.39. The molecule has 0 bridgehead atoms. The van der Waals surface area contributed by atoms with Crippen LogP contribution in [0.5, 0.6) is 5.75 Å². The van der Waals surface area contributed by atoms with Crippen LogP contribution in [0.25, 0.3) is 0 Å². The molecule has 1 aromatic carbocycles. The lowest BCUT2D eigenvalue weighted by Crippen LogP contribution is -2.20. The van der Waals surface area contributed by atoms with E-state index in [2.05, 4.69) is 15.0 Å². The number of nitrogens with one attached hydrogen (secondary N) is 1. The number of ether oxygens (including phenoxy) is 2. The van der Waals surface area contributed by atoms with Gasteiger partial charge in [-0.2, -0.15) is 13.2 Å². The van der Waals surface area contributed by atoms with E-state index in [1.807, 2.05) is 0 Å². The van der Waals surface area contributed by atoms with Gasteiger partial charge in [0.15, 0.2) is 17.4 Å². The Kier molecular flexibility index (Phi) is 5.97. The number of rotatable bonds is 6. The van der Waals surface area contributed by atoms with Crippen molar-refractivity contribution < 1.29 is 32.2 Å². The number of halogens is 3. The largest absolute Gasteiger partial charge is 0.484 e. The molecule has 0 aliphatic heterocycles. The third-order valence-electron chi connectivity index (χ3n) is 2.72. The van der Waals surface area contributed by atoms with E-state index in [9.17, 15) is 22.8 Å². The quantitative estimate of drug-likeness (QED) is 0.785. The highest BCUT2D eigenvalue weighted by Gasteiger charge is 2.40. The van der Waals surface area contributed by atoms with E-state index in [1.54, 1.807) is 30.3 Å². The van der Waals surface area contributed by atoms with Gasteiger partial charge >= 0.3 is 12.1 Å². The molecular formula is C15H13F3N2O4S. The predicted octanol–water partition coefficient (Wildman–Crippen LogP) is 3.36. The minimum absolute atomic E-state index is 0.0827. The monoisotopic (exact) mass is 374 g/mol. The summed E-state index contributed by atoms with van der Waals surface area (Å²) in [4.78, 5) is 26.0. The van der Waals surface area contributed by atoms with Crippen molar-refractivity contribution in [1.82, 2.24) is 4.98 Å². The summed E-state index contributed by atoms with van der Waals surface area (Å²) in [5, 5.41) is 1.81. The number of thiazole rings is 1. The van der Waals surface area contributed by atoms with Crippen LogP contribution in [-0.4, -0.2) is 30.1 Å². The SMILES string of the molecule is CCOC(=O)c1sc(NC(=O)COc2ccccc2)nc1C(F)(F)F. The topological polar surface area (TPSA) is 77.5 Å². The number of para-hydroxylation sites is 1. The normalized spacial score (nSPS) is 11.0. The van der Waals surface area contributed by atoms with Gasteiger partial charge in [0.1, 0.15) is 10.6 Å². The third kappa shape index (κ3) is 5.18. The average molecular weight is 374 g/mol. The molecule has 25 heavy (non-hydrogen) atoms. The number of anilines is 1. The lowest BCUT2D eigenvalue weighted by atomic mass is 10.3. The molecular weight excluding hydrogens is 361 g/mol. The molecule has 0 saturated carbocycles. The second kappa shape index (κ2) is 7.97. The molecule has 2 aromatic rings. The van der Waals surface area contributed by atoms with Crippen molar-refractivity contribution in [3.05, 3.63) is 40.9 Å². The van der Waals surface area contributed by atoms with Crippen molar-refractivity contribution in [2.24, 2.45) is 0 Å². The maximum absolute atomic E-state index is 13.0. The zero-order valence-electron chi connectivity index (χ0n) is 12.9. The number of aromatic nitrogens is 1. The standard InChI is InChI=1S/C15H13F3N2O4S/c1-2-23-13(22)11-12(15(16,17)18)20-14(25-11)19-10(21)8-24-9-6-4-3-5-7-9/h3-7H,2,8H2,1H3,(H,19,20,21). The molecule has 1 aromatic heterocycles. The molecule has 1 amide bonds. The van der Waals surface area contributed by atoms with Gasteiger partial charge in [-0.3, -0.25) is 10.1 Å². The summed E-state index contributed by atoms with van der Waals surface area (Å²) in [7, 11) is 0. The molecule has 0 radical (unpaired) electrons. The number of esters is 1. The second-order valence-electron chi connectivity index (χ2n) is 4.56. The lowest BCUT2D eigenvalue weighted by Gasteiger charge is -2.05. The fourth-order valence-corrected chi connectivity index (χ4v) is 2.62. The third-order valence-corrected chi connectivity index (χ3v) is 3.67. The van der Waals surface area contributed by atoms with Gasteiger partial charge in [0, 0.05) is 0 Å². The summed E-state index contributed by atoms with van der Waals surface area (Å²) in [6.07, 6.45) is -4.85. The Labute approximate surface area is 144 Å². The average Bonchev–Trinajstić information content (AvgIpc) is 2.98. The number of benzene rings is 1. The van der Waals surface area contributed by atoms with Crippen LogP contribution in [0.2, 0.25) is 0 Å². The Morgan fingerprint density at radius 1 is 1.24 bits per heavy atom.